The highest BCUT2D eigenvalue weighted by molar-refractivity contribution is 9.10. The minimum atomic E-state index is -1.71. The van der Waals surface area contributed by atoms with Gasteiger partial charge in [-0.25, -0.2) is 18.2 Å². The van der Waals surface area contributed by atoms with Crippen molar-refractivity contribution < 1.29 is 22.8 Å². The van der Waals surface area contributed by atoms with Crippen molar-refractivity contribution in [2.45, 2.75) is 13.0 Å². The average Bonchev–Trinajstić information content (AvgIpc) is 2.72. The predicted molar refractivity (Wildman–Crippen MR) is 106 cm³/mol. The zero-order valence-corrected chi connectivity index (χ0v) is 16.8. The molecule has 0 aliphatic carbocycles. The largest absolute Gasteiger partial charge is 0.347 e. The molecule has 11 heteroatoms. The van der Waals surface area contributed by atoms with E-state index >= 15 is 0 Å². The fraction of sp³-hybridized carbons (Fsp3) is 0.158. The number of hydrogen-bond donors (Lipinski definition) is 2. The molecule has 0 radical (unpaired) electrons. The van der Waals surface area contributed by atoms with Crippen LogP contribution in [-0.4, -0.2) is 27.9 Å². The van der Waals surface area contributed by atoms with Gasteiger partial charge in [-0.05, 0) is 30.3 Å². The molecule has 0 fully saturated rings. The van der Waals surface area contributed by atoms with Crippen molar-refractivity contribution in [2.24, 2.45) is 0 Å². The fourth-order valence-corrected chi connectivity index (χ4v) is 2.96. The molecule has 1 aromatic heterocycles. The lowest BCUT2D eigenvalue weighted by molar-refractivity contribution is -0.124. The second kappa shape index (κ2) is 9.08. The third kappa shape index (κ3) is 4.85. The highest BCUT2D eigenvalue weighted by Crippen LogP contribution is 2.19. The van der Waals surface area contributed by atoms with Crippen LogP contribution in [0.2, 0.25) is 0 Å². The Morgan fingerprint density at radius 3 is 2.60 bits per heavy atom. The lowest BCUT2D eigenvalue weighted by Crippen LogP contribution is -2.34. The first-order valence-corrected chi connectivity index (χ1v) is 9.40. The van der Waals surface area contributed by atoms with Crippen LogP contribution in [0.5, 0.6) is 0 Å². The number of rotatable bonds is 6. The van der Waals surface area contributed by atoms with E-state index < -0.39 is 41.5 Å². The van der Waals surface area contributed by atoms with Gasteiger partial charge in [-0.2, -0.15) is 0 Å². The van der Waals surface area contributed by atoms with Crippen molar-refractivity contribution in [3.05, 3.63) is 68.9 Å². The van der Waals surface area contributed by atoms with Gasteiger partial charge in [-0.3, -0.25) is 19.0 Å². The Balaban J connectivity index is 1.55. The molecule has 7 nitrogen and oxygen atoms in total. The van der Waals surface area contributed by atoms with Crippen LogP contribution in [0.4, 0.5) is 18.9 Å². The first-order chi connectivity index (χ1) is 14.3. The Hall–Kier alpha value is -3.21. The molecular weight excluding hydrogens is 469 g/mol. The molecule has 0 saturated heterocycles. The Labute approximate surface area is 176 Å². The lowest BCUT2D eigenvalue weighted by atomic mass is 10.2. The molecule has 156 valence electrons. The molecule has 0 spiro atoms. The summed E-state index contributed by atoms with van der Waals surface area (Å²) in [4.78, 5) is 40.4. The van der Waals surface area contributed by atoms with E-state index in [1.54, 1.807) is 18.2 Å². The van der Waals surface area contributed by atoms with Crippen LogP contribution < -0.4 is 16.2 Å². The molecule has 0 aliphatic rings. The van der Waals surface area contributed by atoms with E-state index in [0.29, 0.717) is 21.4 Å². The maximum atomic E-state index is 13.5. The third-order valence-corrected chi connectivity index (χ3v) is 4.61. The zero-order chi connectivity index (χ0) is 21.8. The summed E-state index contributed by atoms with van der Waals surface area (Å²) < 4.78 is 41.6. The molecule has 0 saturated carbocycles. The number of carbonyl (C=O) groups is 2. The van der Waals surface area contributed by atoms with Gasteiger partial charge in [0.15, 0.2) is 17.5 Å². The quantitative estimate of drug-likeness (QED) is 0.528. The highest BCUT2D eigenvalue weighted by Gasteiger charge is 2.15. The number of fused-ring (bicyclic) bond motifs is 1. The fourth-order valence-electron chi connectivity index (χ4n) is 2.60. The van der Waals surface area contributed by atoms with Crippen LogP contribution in [0.3, 0.4) is 0 Å². The van der Waals surface area contributed by atoms with Crippen molar-refractivity contribution in [1.29, 1.82) is 0 Å². The van der Waals surface area contributed by atoms with Crippen LogP contribution >= 0.6 is 15.9 Å². The number of halogens is 4. The number of carbonyl (C=O) groups excluding carboxylic acids is 2. The number of aromatic nitrogens is 2. The number of anilines is 1. The molecule has 0 atom stereocenters. The van der Waals surface area contributed by atoms with Gasteiger partial charge in [0.05, 0.1) is 29.5 Å². The zero-order valence-electron chi connectivity index (χ0n) is 15.2. The van der Waals surface area contributed by atoms with E-state index in [-0.39, 0.29) is 18.5 Å². The Kier molecular flexibility index (Phi) is 6.50. The van der Waals surface area contributed by atoms with E-state index in [1.165, 1.54) is 10.9 Å². The van der Waals surface area contributed by atoms with E-state index in [1.807, 2.05) is 5.32 Å². The van der Waals surface area contributed by atoms with E-state index in [2.05, 4.69) is 26.2 Å². The van der Waals surface area contributed by atoms with Crippen LogP contribution in [-0.2, 0) is 16.1 Å². The maximum Gasteiger partial charge on any atom is 0.261 e. The van der Waals surface area contributed by atoms with Gasteiger partial charge in [0.2, 0.25) is 11.8 Å². The number of amides is 2. The monoisotopic (exact) mass is 482 g/mol. The smallest absolute Gasteiger partial charge is 0.261 e. The third-order valence-electron chi connectivity index (χ3n) is 4.12. The summed E-state index contributed by atoms with van der Waals surface area (Å²) in [5.74, 6) is -6.01. The maximum absolute atomic E-state index is 13.5. The Morgan fingerprint density at radius 2 is 1.83 bits per heavy atom. The molecular formula is C19H14BrF3N4O3. The molecule has 0 unspecified atom stereocenters. The minimum Gasteiger partial charge on any atom is -0.347 e. The van der Waals surface area contributed by atoms with Crippen molar-refractivity contribution in [3.63, 3.8) is 0 Å². The molecule has 1 heterocycles. The van der Waals surface area contributed by atoms with Gasteiger partial charge in [0.1, 0.15) is 0 Å². The molecule has 2 amide bonds. The van der Waals surface area contributed by atoms with Crippen molar-refractivity contribution in [2.75, 3.05) is 11.9 Å². The standard InChI is InChI=1S/C19H14BrF3N4O3/c20-10-1-3-13-11(7-10)19(30)27(9-25-13)6-5-15(28)24-8-16(29)26-14-4-2-12(21)17(22)18(14)23/h1-4,7,9H,5-6,8H2,(H,24,28)(H,26,29). The van der Waals surface area contributed by atoms with Gasteiger partial charge in [0.25, 0.3) is 5.56 Å². The second-order valence-corrected chi connectivity index (χ2v) is 7.12. The Morgan fingerprint density at radius 1 is 1.07 bits per heavy atom. The average molecular weight is 483 g/mol. The van der Waals surface area contributed by atoms with Crippen molar-refractivity contribution in [3.8, 4) is 0 Å². The van der Waals surface area contributed by atoms with Gasteiger partial charge in [-0.1, -0.05) is 15.9 Å². The predicted octanol–water partition coefficient (Wildman–Crippen LogP) is 2.72. The molecule has 0 aliphatic heterocycles. The normalized spacial score (nSPS) is 10.8. The van der Waals surface area contributed by atoms with Gasteiger partial charge in [-0.15, -0.1) is 0 Å². The number of nitrogens with zero attached hydrogens (tertiary/aromatic N) is 2. The van der Waals surface area contributed by atoms with Gasteiger partial charge >= 0.3 is 0 Å². The van der Waals surface area contributed by atoms with Gasteiger partial charge < -0.3 is 10.6 Å². The summed E-state index contributed by atoms with van der Waals surface area (Å²) in [5, 5.41) is 4.73. The molecule has 2 aromatic carbocycles. The molecule has 3 rings (SSSR count). The topological polar surface area (TPSA) is 93.1 Å². The number of hydrogen-bond acceptors (Lipinski definition) is 4. The number of nitrogens with one attached hydrogen (secondary N) is 2. The summed E-state index contributed by atoms with van der Waals surface area (Å²) in [6.07, 6.45) is 1.21. The summed E-state index contributed by atoms with van der Waals surface area (Å²) in [6.45, 7) is -0.491. The first kappa shape index (κ1) is 21.5. The van der Waals surface area contributed by atoms with E-state index in [4.69, 9.17) is 0 Å². The molecule has 3 aromatic rings. The molecule has 0 bridgehead atoms. The summed E-state index contributed by atoms with van der Waals surface area (Å²) >= 11 is 3.28. The van der Waals surface area contributed by atoms with Crippen molar-refractivity contribution in [1.82, 2.24) is 14.9 Å². The van der Waals surface area contributed by atoms with E-state index in [9.17, 15) is 27.6 Å². The highest BCUT2D eigenvalue weighted by atomic mass is 79.9. The number of aryl methyl sites for hydroxylation is 1. The van der Waals surface area contributed by atoms with Crippen LogP contribution in [0.25, 0.3) is 10.9 Å². The lowest BCUT2D eigenvalue weighted by Gasteiger charge is -2.09. The summed E-state index contributed by atoms with van der Waals surface area (Å²) in [6, 6.07) is 6.60. The second-order valence-electron chi connectivity index (χ2n) is 6.20. The van der Waals surface area contributed by atoms with Crippen molar-refractivity contribution >= 4 is 44.3 Å². The summed E-state index contributed by atoms with van der Waals surface area (Å²) in [5.41, 5.74) is -0.348. The van der Waals surface area contributed by atoms with Crippen LogP contribution in [0, 0.1) is 17.5 Å². The van der Waals surface area contributed by atoms with Crippen LogP contribution in [0.15, 0.2) is 45.9 Å². The molecule has 30 heavy (non-hydrogen) atoms. The Bertz CT molecular complexity index is 1200. The SMILES string of the molecule is O=C(CCn1cnc2ccc(Br)cc2c1=O)NCC(=O)Nc1ccc(F)c(F)c1F. The molecule has 2 N–H and O–H groups in total. The van der Waals surface area contributed by atoms with E-state index in [0.717, 1.165) is 6.07 Å². The minimum absolute atomic E-state index is 0.0273. The van der Waals surface area contributed by atoms with Gasteiger partial charge in [0, 0.05) is 17.4 Å². The summed E-state index contributed by atoms with van der Waals surface area (Å²) in [7, 11) is 0. The first-order valence-electron chi connectivity index (χ1n) is 8.61. The van der Waals surface area contributed by atoms with Crippen LogP contribution in [0.1, 0.15) is 6.42 Å². The number of benzene rings is 2.